The van der Waals surface area contributed by atoms with Crippen molar-refractivity contribution >= 4 is 5.91 Å². The van der Waals surface area contributed by atoms with Crippen LogP contribution in [0.15, 0.2) is 49.1 Å². The number of amides is 1. The summed E-state index contributed by atoms with van der Waals surface area (Å²) < 4.78 is 5.33. The number of hydrogen-bond donors (Lipinski definition) is 1. The van der Waals surface area contributed by atoms with E-state index < -0.39 is 0 Å². The zero-order chi connectivity index (χ0) is 17.7. The summed E-state index contributed by atoms with van der Waals surface area (Å²) in [6.07, 6.45) is 2.47. The van der Waals surface area contributed by atoms with Crippen LogP contribution < -0.4 is 10.1 Å². The fourth-order valence-electron chi connectivity index (χ4n) is 2.63. The minimum absolute atomic E-state index is 0.0539. The lowest BCUT2D eigenvalue weighted by molar-refractivity contribution is 0.0939. The first-order valence-electron chi connectivity index (χ1n) is 8.12. The van der Waals surface area contributed by atoms with Crippen LogP contribution in [0.1, 0.15) is 45.6 Å². The molecule has 2 aromatic rings. The first-order valence-corrected chi connectivity index (χ1v) is 8.12. The van der Waals surface area contributed by atoms with Crippen LogP contribution in [0.5, 0.6) is 5.75 Å². The highest BCUT2D eigenvalue weighted by Gasteiger charge is 2.14. The van der Waals surface area contributed by atoms with E-state index in [0.717, 1.165) is 16.9 Å². The summed E-state index contributed by atoms with van der Waals surface area (Å²) in [5, 5.41) is 3.06. The Balaban J connectivity index is 2.17. The number of nitrogens with one attached hydrogen (secondary N) is 1. The van der Waals surface area contributed by atoms with Crippen molar-refractivity contribution < 1.29 is 9.53 Å². The maximum absolute atomic E-state index is 12.6. The van der Waals surface area contributed by atoms with Gasteiger partial charge in [-0.15, -0.1) is 6.58 Å². The van der Waals surface area contributed by atoms with Gasteiger partial charge in [0.2, 0.25) is 0 Å². The highest BCUT2D eigenvalue weighted by molar-refractivity contribution is 5.94. The molecular formula is C21H25NO2. The van der Waals surface area contributed by atoms with Gasteiger partial charge in [0.05, 0.1) is 13.2 Å². The van der Waals surface area contributed by atoms with Gasteiger partial charge in [0.15, 0.2) is 0 Å². The van der Waals surface area contributed by atoms with E-state index in [4.69, 9.17) is 4.74 Å². The third kappa shape index (κ3) is 4.05. The lowest BCUT2D eigenvalue weighted by Crippen LogP contribution is -2.26. The predicted octanol–water partition coefficient (Wildman–Crippen LogP) is 4.53. The number of hydrogen-bond acceptors (Lipinski definition) is 2. The second-order valence-corrected chi connectivity index (χ2v) is 6.06. The molecule has 0 saturated heterocycles. The van der Waals surface area contributed by atoms with Crippen LogP contribution in [0.3, 0.4) is 0 Å². The number of allylic oxidation sites excluding steroid dienone is 1. The smallest absolute Gasteiger partial charge is 0.251 e. The quantitative estimate of drug-likeness (QED) is 0.793. The Morgan fingerprint density at radius 3 is 2.58 bits per heavy atom. The molecule has 0 saturated carbocycles. The van der Waals surface area contributed by atoms with Crippen LogP contribution in [0.25, 0.3) is 0 Å². The Bertz CT molecular complexity index is 749. The largest absolute Gasteiger partial charge is 0.496 e. The van der Waals surface area contributed by atoms with Gasteiger partial charge < -0.3 is 10.1 Å². The van der Waals surface area contributed by atoms with Gasteiger partial charge in [-0.05, 0) is 67.6 Å². The molecule has 0 bridgehead atoms. The average Bonchev–Trinajstić information content (AvgIpc) is 2.57. The van der Waals surface area contributed by atoms with E-state index in [9.17, 15) is 4.79 Å². The molecule has 0 radical (unpaired) electrons. The SMILES string of the molecule is C=CCc1cc(C(=O)NC(C)c2ccc(C)c(C)c2)ccc1OC. The summed E-state index contributed by atoms with van der Waals surface area (Å²) >= 11 is 0. The normalized spacial score (nSPS) is 11.7. The fourth-order valence-corrected chi connectivity index (χ4v) is 2.63. The summed E-state index contributed by atoms with van der Waals surface area (Å²) in [7, 11) is 1.63. The van der Waals surface area contributed by atoms with Crippen LogP contribution in [0.4, 0.5) is 0 Å². The first kappa shape index (κ1) is 17.8. The van der Waals surface area contributed by atoms with E-state index >= 15 is 0 Å². The average molecular weight is 323 g/mol. The number of aryl methyl sites for hydroxylation is 2. The second-order valence-electron chi connectivity index (χ2n) is 6.06. The molecular weight excluding hydrogens is 298 g/mol. The second kappa shape index (κ2) is 7.82. The molecule has 0 fully saturated rings. The molecule has 1 unspecified atom stereocenters. The van der Waals surface area contributed by atoms with Crippen molar-refractivity contribution in [2.75, 3.05) is 7.11 Å². The van der Waals surface area contributed by atoms with Gasteiger partial charge in [0.25, 0.3) is 5.91 Å². The van der Waals surface area contributed by atoms with Gasteiger partial charge in [-0.3, -0.25) is 4.79 Å². The van der Waals surface area contributed by atoms with Crippen LogP contribution >= 0.6 is 0 Å². The zero-order valence-electron chi connectivity index (χ0n) is 14.8. The van der Waals surface area contributed by atoms with Crippen molar-refractivity contribution in [2.45, 2.75) is 33.2 Å². The maximum Gasteiger partial charge on any atom is 0.251 e. The van der Waals surface area contributed by atoms with Crippen LogP contribution in [0.2, 0.25) is 0 Å². The van der Waals surface area contributed by atoms with Gasteiger partial charge in [0.1, 0.15) is 5.75 Å². The van der Waals surface area contributed by atoms with E-state index in [2.05, 4.69) is 43.9 Å². The molecule has 0 aliphatic rings. The Hall–Kier alpha value is -2.55. The van der Waals surface area contributed by atoms with Crippen LogP contribution in [-0.2, 0) is 6.42 Å². The predicted molar refractivity (Wildman–Crippen MR) is 98.7 cm³/mol. The first-order chi connectivity index (χ1) is 11.5. The highest BCUT2D eigenvalue weighted by Crippen LogP contribution is 2.22. The van der Waals surface area contributed by atoms with E-state index in [-0.39, 0.29) is 11.9 Å². The van der Waals surface area contributed by atoms with Crippen LogP contribution in [-0.4, -0.2) is 13.0 Å². The summed E-state index contributed by atoms with van der Waals surface area (Å²) in [6, 6.07) is 11.7. The molecule has 0 spiro atoms. The molecule has 1 N–H and O–H groups in total. The molecule has 2 aromatic carbocycles. The molecule has 1 amide bonds. The topological polar surface area (TPSA) is 38.3 Å². The van der Waals surface area contributed by atoms with Crippen molar-refractivity contribution in [1.29, 1.82) is 0 Å². The summed E-state index contributed by atoms with van der Waals surface area (Å²) in [4.78, 5) is 12.6. The Morgan fingerprint density at radius 2 is 1.96 bits per heavy atom. The van der Waals surface area contributed by atoms with Gasteiger partial charge in [0, 0.05) is 5.56 Å². The molecule has 0 aromatic heterocycles. The minimum atomic E-state index is -0.0892. The number of carbonyl (C=O) groups excluding carboxylic acids is 1. The van der Waals surface area contributed by atoms with E-state index in [1.807, 2.05) is 19.1 Å². The summed E-state index contributed by atoms with van der Waals surface area (Å²) in [6.45, 7) is 9.92. The van der Waals surface area contributed by atoms with Crippen molar-refractivity contribution in [1.82, 2.24) is 5.32 Å². The molecule has 3 heteroatoms. The highest BCUT2D eigenvalue weighted by atomic mass is 16.5. The maximum atomic E-state index is 12.6. The van der Waals surface area contributed by atoms with Gasteiger partial charge >= 0.3 is 0 Å². The molecule has 0 aliphatic carbocycles. The molecule has 1 atom stereocenters. The Labute approximate surface area is 144 Å². The van der Waals surface area contributed by atoms with Crippen molar-refractivity contribution in [2.24, 2.45) is 0 Å². The molecule has 0 aliphatic heterocycles. The number of methoxy groups -OCH3 is 1. The number of benzene rings is 2. The molecule has 126 valence electrons. The fraction of sp³-hybridized carbons (Fsp3) is 0.286. The van der Waals surface area contributed by atoms with E-state index in [1.54, 1.807) is 19.3 Å². The minimum Gasteiger partial charge on any atom is -0.496 e. The Kier molecular flexibility index (Phi) is 5.80. The molecule has 2 rings (SSSR count). The zero-order valence-corrected chi connectivity index (χ0v) is 14.8. The van der Waals surface area contributed by atoms with Crippen molar-refractivity contribution in [3.63, 3.8) is 0 Å². The molecule has 0 heterocycles. The number of rotatable bonds is 6. The van der Waals surface area contributed by atoms with Gasteiger partial charge in [-0.25, -0.2) is 0 Å². The van der Waals surface area contributed by atoms with Crippen molar-refractivity contribution in [3.8, 4) is 5.75 Å². The molecule has 3 nitrogen and oxygen atoms in total. The standard InChI is InChI=1S/C21H25NO2/c1-6-7-18-13-19(10-11-20(18)24-5)21(23)22-16(4)17-9-8-14(2)15(3)12-17/h6,8-13,16H,1,7H2,2-5H3,(H,22,23). The number of carbonyl (C=O) groups is 1. The third-order valence-corrected chi connectivity index (χ3v) is 4.29. The molecule has 24 heavy (non-hydrogen) atoms. The third-order valence-electron chi connectivity index (χ3n) is 4.29. The van der Waals surface area contributed by atoms with Crippen molar-refractivity contribution in [3.05, 3.63) is 76.9 Å². The monoisotopic (exact) mass is 323 g/mol. The summed E-state index contributed by atoms with van der Waals surface area (Å²) in [5.74, 6) is 0.683. The Morgan fingerprint density at radius 1 is 1.21 bits per heavy atom. The number of ether oxygens (including phenoxy) is 1. The summed E-state index contributed by atoms with van der Waals surface area (Å²) in [5.41, 5.74) is 5.17. The van der Waals surface area contributed by atoms with Gasteiger partial charge in [-0.1, -0.05) is 24.3 Å². The van der Waals surface area contributed by atoms with E-state index in [0.29, 0.717) is 12.0 Å². The lowest BCUT2D eigenvalue weighted by Gasteiger charge is -2.16. The van der Waals surface area contributed by atoms with E-state index in [1.165, 1.54) is 11.1 Å². The van der Waals surface area contributed by atoms with Crippen LogP contribution in [0, 0.1) is 13.8 Å². The lowest BCUT2D eigenvalue weighted by atomic mass is 10.0. The van der Waals surface area contributed by atoms with Gasteiger partial charge in [-0.2, -0.15) is 0 Å².